The Morgan fingerprint density at radius 2 is 1.94 bits per heavy atom. The number of alkyl carbamates (subject to hydrolysis) is 1. The molecule has 2 N–H and O–H groups in total. The summed E-state index contributed by atoms with van der Waals surface area (Å²) in [5.41, 5.74) is 4.81. The third-order valence-electron chi connectivity index (χ3n) is 5.35. The first-order valence-electron chi connectivity index (χ1n) is 11.7. The minimum absolute atomic E-state index is 0.117. The molecule has 0 aliphatic carbocycles. The summed E-state index contributed by atoms with van der Waals surface area (Å²) in [5, 5.41) is 4.76. The highest BCUT2D eigenvalue weighted by Gasteiger charge is 2.31. The number of ether oxygens (including phenoxy) is 3. The van der Waals surface area contributed by atoms with Crippen LogP contribution in [0.5, 0.6) is 11.5 Å². The van der Waals surface area contributed by atoms with Crippen molar-refractivity contribution in [3.8, 4) is 11.5 Å². The molecule has 1 aromatic carbocycles. The predicted molar refractivity (Wildman–Crippen MR) is 131 cm³/mol. The number of carbonyl (C=O) groups is 2. The zero-order valence-corrected chi connectivity index (χ0v) is 21.3. The molecule has 186 valence electrons. The van der Waals surface area contributed by atoms with Gasteiger partial charge in [0.2, 0.25) is 5.91 Å². The van der Waals surface area contributed by atoms with Crippen LogP contribution in [0.1, 0.15) is 60.5 Å². The van der Waals surface area contributed by atoms with E-state index in [9.17, 15) is 9.59 Å². The normalized spacial score (nSPS) is 16.8. The molecular weight excluding hydrogens is 434 g/mol. The lowest BCUT2D eigenvalue weighted by Gasteiger charge is -2.34. The van der Waals surface area contributed by atoms with E-state index in [0.29, 0.717) is 24.8 Å². The first-order valence-corrected chi connectivity index (χ1v) is 11.7. The van der Waals surface area contributed by atoms with Crippen LogP contribution in [0.15, 0.2) is 36.0 Å². The molecule has 2 heterocycles. The molecule has 34 heavy (non-hydrogen) atoms. The summed E-state index contributed by atoms with van der Waals surface area (Å²) in [7, 11) is 0. The first-order chi connectivity index (χ1) is 15.8. The van der Waals surface area contributed by atoms with Gasteiger partial charge in [0.1, 0.15) is 30.3 Å². The van der Waals surface area contributed by atoms with Crippen molar-refractivity contribution < 1.29 is 23.8 Å². The topological polar surface area (TPSA) is 89.1 Å². The highest BCUT2D eigenvalue weighted by atomic mass is 16.6. The van der Waals surface area contributed by atoms with Crippen LogP contribution in [-0.4, -0.2) is 47.9 Å². The fraction of sp³-hybridized carbons (Fsp3) is 0.538. The quantitative estimate of drug-likeness (QED) is 0.612. The zero-order chi connectivity index (χ0) is 25.1. The average Bonchev–Trinajstić information content (AvgIpc) is 2.69. The van der Waals surface area contributed by atoms with Crippen molar-refractivity contribution in [2.24, 2.45) is 5.92 Å². The van der Waals surface area contributed by atoms with Gasteiger partial charge in [0.25, 0.3) is 0 Å². The van der Waals surface area contributed by atoms with Gasteiger partial charge >= 0.3 is 6.09 Å². The maximum absolute atomic E-state index is 12.4. The number of carbonyl (C=O) groups excluding carboxylic acids is 2. The number of hydrogen-bond acceptors (Lipinski definition) is 6. The van der Waals surface area contributed by atoms with Crippen LogP contribution in [0.4, 0.5) is 4.79 Å². The van der Waals surface area contributed by atoms with Crippen molar-refractivity contribution in [3.63, 3.8) is 0 Å². The molecule has 1 aromatic rings. The minimum Gasteiger partial charge on any atom is -0.491 e. The lowest BCUT2D eigenvalue weighted by atomic mass is 9.91. The van der Waals surface area contributed by atoms with E-state index in [1.54, 1.807) is 5.01 Å². The minimum atomic E-state index is -0.601. The summed E-state index contributed by atoms with van der Waals surface area (Å²) in [6.45, 7) is 14.5. The van der Waals surface area contributed by atoms with E-state index in [2.05, 4.69) is 24.6 Å². The van der Waals surface area contributed by atoms with Gasteiger partial charge < -0.3 is 19.5 Å². The third kappa shape index (κ3) is 6.92. The van der Waals surface area contributed by atoms with Crippen LogP contribution in [-0.2, 0) is 9.53 Å². The van der Waals surface area contributed by atoms with Crippen LogP contribution < -0.4 is 20.2 Å². The number of hydrogen-bond donors (Lipinski definition) is 2. The Morgan fingerprint density at radius 3 is 2.59 bits per heavy atom. The molecular formula is C26H37N3O5. The second-order valence-corrected chi connectivity index (χ2v) is 10.6. The lowest BCUT2D eigenvalue weighted by molar-refractivity contribution is -0.122. The smallest absolute Gasteiger partial charge is 0.408 e. The van der Waals surface area contributed by atoms with Gasteiger partial charge in [-0.2, -0.15) is 0 Å². The maximum Gasteiger partial charge on any atom is 0.408 e. The molecule has 1 atom stereocenters. The molecule has 0 radical (unpaired) electrons. The molecule has 2 aliphatic rings. The third-order valence-corrected chi connectivity index (χ3v) is 5.35. The predicted octanol–water partition coefficient (Wildman–Crippen LogP) is 4.42. The summed E-state index contributed by atoms with van der Waals surface area (Å²) >= 11 is 0. The molecule has 0 saturated carbocycles. The lowest BCUT2D eigenvalue weighted by Crippen LogP contribution is -2.52. The van der Waals surface area contributed by atoms with Crippen molar-refractivity contribution >= 4 is 17.6 Å². The van der Waals surface area contributed by atoms with E-state index in [0.717, 1.165) is 28.9 Å². The highest BCUT2D eigenvalue weighted by molar-refractivity contribution is 5.80. The highest BCUT2D eigenvalue weighted by Crippen LogP contribution is 2.38. The first kappa shape index (κ1) is 25.5. The van der Waals surface area contributed by atoms with Crippen molar-refractivity contribution in [2.45, 2.75) is 66.0 Å². The molecule has 2 aliphatic heterocycles. The number of benzene rings is 1. The number of amides is 2. The molecule has 8 nitrogen and oxygen atoms in total. The van der Waals surface area contributed by atoms with Gasteiger partial charge in [-0.05, 0) is 69.4 Å². The Bertz CT molecular complexity index is 993. The van der Waals surface area contributed by atoms with Crippen LogP contribution in [0.25, 0.3) is 5.57 Å². The van der Waals surface area contributed by atoms with Crippen LogP contribution in [0.2, 0.25) is 0 Å². The van der Waals surface area contributed by atoms with Crippen molar-refractivity contribution in [1.29, 1.82) is 0 Å². The van der Waals surface area contributed by atoms with Gasteiger partial charge in [-0.15, -0.1) is 0 Å². The van der Waals surface area contributed by atoms with Gasteiger partial charge in [-0.25, -0.2) is 4.79 Å². The molecule has 0 aromatic heterocycles. The van der Waals surface area contributed by atoms with Crippen LogP contribution in [0.3, 0.4) is 0 Å². The number of fused-ring (bicyclic) bond motifs is 2. The SMILES string of the molecule is CC(=O)NN1C=CC2=C(C1)c1ccc(OCC(C)(CC(C)C)NC(=O)OC(C)(C)C)cc1OC2. The number of nitrogens with zero attached hydrogens (tertiary/aromatic N) is 1. The largest absolute Gasteiger partial charge is 0.491 e. The standard InChI is InChI=1S/C26H37N3O5/c1-17(2)13-26(7,27-24(31)34-25(4,5)6)16-33-20-8-9-21-22-14-29(28-18(3)30)11-10-19(22)15-32-23(21)12-20/h8-12,17H,13-16H2,1-7H3,(H,27,31)(H,28,30). The molecule has 1 unspecified atom stereocenters. The maximum atomic E-state index is 12.4. The summed E-state index contributed by atoms with van der Waals surface area (Å²) in [6.07, 6.45) is 4.08. The second-order valence-electron chi connectivity index (χ2n) is 10.6. The van der Waals surface area contributed by atoms with Crippen LogP contribution in [0, 0.1) is 5.92 Å². The molecule has 0 fully saturated rings. The Hall–Kier alpha value is -3.16. The zero-order valence-electron chi connectivity index (χ0n) is 21.3. The fourth-order valence-corrected chi connectivity index (χ4v) is 4.23. The summed E-state index contributed by atoms with van der Waals surface area (Å²) in [6, 6.07) is 5.76. The van der Waals surface area contributed by atoms with E-state index in [4.69, 9.17) is 14.2 Å². The Labute approximate surface area is 202 Å². The molecule has 0 bridgehead atoms. The van der Waals surface area contributed by atoms with Gasteiger partial charge in [-0.1, -0.05) is 13.8 Å². The van der Waals surface area contributed by atoms with E-state index in [-0.39, 0.29) is 12.5 Å². The molecule has 0 saturated heterocycles. The van der Waals surface area contributed by atoms with Gasteiger partial charge in [0.15, 0.2) is 0 Å². The van der Waals surface area contributed by atoms with Crippen molar-refractivity contribution in [2.75, 3.05) is 19.8 Å². The van der Waals surface area contributed by atoms with Gasteiger partial charge in [0.05, 0.1) is 12.1 Å². The monoisotopic (exact) mass is 471 g/mol. The second kappa shape index (κ2) is 9.99. The molecule has 8 heteroatoms. The van der Waals surface area contributed by atoms with E-state index in [1.807, 2.05) is 58.2 Å². The van der Waals surface area contributed by atoms with E-state index in [1.165, 1.54) is 6.92 Å². The number of nitrogens with one attached hydrogen (secondary N) is 2. The Kier molecular flexibility index (Phi) is 7.48. The average molecular weight is 472 g/mol. The van der Waals surface area contributed by atoms with Crippen molar-refractivity contribution in [1.82, 2.24) is 15.8 Å². The fourth-order valence-electron chi connectivity index (χ4n) is 4.23. The van der Waals surface area contributed by atoms with Gasteiger partial charge in [-0.3, -0.25) is 15.2 Å². The van der Waals surface area contributed by atoms with Crippen molar-refractivity contribution in [3.05, 3.63) is 41.6 Å². The van der Waals surface area contributed by atoms with Gasteiger partial charge in [0, 0.05) is 24.8 Å². The molecule has 2 amide bonds. The number of rotatable bonds is 7. The molecule has 3 rings (SSSR count). The Balaban J connectivity index is 1.71. The summed E-state index contributed by atoms with van der Waals surface area (Å²) < 4.78 is 17.6. The summed E-state index contributed by atoms with van der Waals surface area (Å²) in [5.74, 6) is 1.63. The van der Waals surface area contributed by atoms with E-state index < -0.39 is 17.2 Å². The van der Waals surface area contributed by atoms with Crippen LogP contribution >= 0.6 is 0 Å². The molecule has 0 spiro atoms. The van der Waals surface area contributed by atoms with E-state index >= 15 is 0 Å². The summed E-state index contributed by atoms with van der Waals surface area (Å²) in [4.78, 5) is 23.9. The number of hydrazine groups is 1. The Morgan fingerprint density at radius 1 is 1.21 bits per heavy atom.